The molecule has 0 heterocycles. The van der Waals surface area contributed by atoms with Crippen LogP contribution < -0.4 is 5.43 Å². The van der Waals surface area contributed by atoms with E-state index < -0.39 is 12.0 Å². The highest BCUT2D eigenvalue weighted by atomic mass is 16.5. The number of ether oxygens (including phenoxy) is 1. The van der Waals surface area contributed by atoms with E-state index in [-0.39, 0.29) is 18.1 Å². The molecule has 0 fully saturated rings. The second kappa shape index (κ2) is 8.62. The summed E-state index contributed by atoms with van der Waals surface area (Å²) in [7, 11) is 0. The Labute approximate surface area is 159 Å². The van der Waals surface area contributed by atoms with Crippen LogP contribution in [0.2, 0.25) is 0 Å². The first-order chi connectivity index (χ1) is 13.1. The number of Topliss-reactive ketones (excluding diaryl/α,β-unsaturated/α-hetero) is 1. The maximum absolute atomic E-state index is 12.7. The fourth-order valence-corrected chi connectivity index (χ4v) is 3.15. The topological polar surface area (TPSA) is 67.8 Å². The van der Waals surface area contributed by atoms with Gasteiger partial charge in [-0.2, -0.15) is 5.10 Å². The largest absolute Gasteiger partial charge is 0.461 e. The Kier molecular flexibility index (Phi) is 6.01. The first-order valence-electron chi connectivity index (χ1n) is 9.25. The molecule has 1 atom stereocenters. The lowest BCUT2D eigenvalue weighted by Crippen LogP contribution is -2.39. The van der Waals surface area contributed by atoms with E-state index in [1.54, 1.807) is 6.92 Å². The van der Waals surface area contributed by atoms with E-state index in [1.807, 2.05) is 55.5 Å². The van der Waals surface area contributed by atoms with Gasteiger partial charge in [0.25, 0.3) is 0 Å². The molecule has 0 aliphatic heterocycles. The highest BCUT2D eigenvalue weighted by molar-refractivity contribution is 6.36. The van der Waals surface area contributed by atoms with Crippen LogP contribution >= 0.6 is 0 Å². The summed E-state index contributed by atoms with van der Waals surface area (Å²) in [5, 5.41) is 4.28. The molecule has 0 spiro atoms. The lowest BCUT2D eigenvalue weighted by Gasteiger charge is -2.23. The molecular formula is C22H24N2O3. The highest BCUT2D eigenvalue weighted by Crippen LogP contribution is 2.21. The van der Waals surface area contributed by atoms with Gasteiger partial charge < -0.3 is 4.74 Å². The van der Waals surface area contributed by atoms with Crippen LogP contribution in [0.3, 0.4) is 0 Å². The van der Waals surface area contributed by atoms with Crippen LogP contribution in [0.15, 0.2) is 53.6 Å². The van der Waals surface area contributed by atoms with Crippen LogP contribution in [-0.4, -0.2) is 30.1 Å². The van der Waals surface area contributed by atoms with Gasteiger partial charge in [0.2, 0.25) is 0 Å². The van der Waals surface area contributed by atoms with Crippen molar-refractivity contribution in [1.29, 1.82) is 0 Å². The molecule has 0 unspecified atom stereocenters. The van der Waals surface area contributed by atoms with Gasteiger partial charge in [0.05, 0.1) is 6.61 Å². The van der Waals surface area contributed by atoms with Gasteiger partial charge in [-0.3, -0.25) is 10.2 Å². The second-order valence-electron chi connectivity index (χ2n) is 6.68. The number of nitrogens with one attached hydrogen (secondary N) is 1. The molecule has 0 amide bonds. The zero-order chi connectivity index (χ0) is 19.2. The third-order valence-electron chi connectivity index (χ3n) is 4.66. The van der Waals surface area contributed by atoms with Crippen LogP contribution in [0.25, 0.3) is 0 Å². The fourth-order valence-electron chi connectivity index (χ4n) is 3.15. The van der Waals surface area contributed by atoms with Crippen molar-refractivity contribution in [1.82, 2.24) is 5.43 Å². The quantitative estimate of drug-likeness (QED) is 0.485. The molecule has 1 N–H and O–H groups in total. The smallest absolute Gasteiger partial charge is 0.354 e. The third-order valence-corrected chi connectivity index (χ3v) is 4.66. The lowest BCUT2D eigenvalue weighted by atomic mass is 9.87. The third kappa shape index (κ3) is 4.61. The molecule has 3 rings (SSSR count). The van der Waals surface area contributed by atoms with Crippen molar-refractivity contribution < 1.29 is 14.3 Å². The zero-order valence-electron chi connectivity index (χ0n) is 15.7. The predicted molar refractivity (Wildman–Crippen MR) is 105 cm³/mol. The van der Waals surface area contributed by atoms with E-state index in [9.17, 15) is 9.59 Å². The van der Waals surface area contributed by atoms with Gasteiger partial charge in [0, 0.05) is 12.0 Å². The van der Waals surface area contributed by atoms with Gasteiger partial charge in [0.15, 0.2) is 5.78 Å². The average molecular weight is 364 g/mol. The number of nitrogens with zero attached hydrogens (tertiary/aromatic N) is 1. The van der Waals surface area contributed by atoms with Gasteiger partial charge in [-0.25, -0.2) is 4.79 Å². The molecule has 0 aromatic heterocycles. The van der Waals surface area contributed by atoms with E-state index in [2.05, 4.69) is 10.5 Å². The maximum atomic E-state index is 12.7. The van der Waals surface area contributed by atoms with Crippen molar-refractivity contribution in [3.8, 4) is 0 Å². The molecule has 1 aliphatic carbocycles. The Morgan fingerprint density at radius 1 is 1.19 bits per heavy atom. The van der Waals surface area contributed by atoms with Crippen molar-refractivity contribution in [2.75, 3.05) is 6.61 Å². The Hall–Kier alpha value is -2.95. The molecule has 0 saturated carbocycles. The minimum absolute atomic E-state index is 0.0131. The van der Waals surface area contributed by atoms with Crippen molar-refractivity contribution in [3.63, 3.8) is 0 Å². The molecule has 140 valence electrons. The maximum Gasteiger partial charge on any atom is 0.354 e. The molecule has 0 bridgehead atoms. The Bertz CT molecular complexity index is 856. The number of hydrazone groups is 1. The number of ketones is 1. The predicted octanol–water partition coefficient (Wildman–Crippen LogP) is 3.24. The summed E-state index contributed by atoms with van der Waals surface area (Å²) in [6, 6.07) is 15.1. The SMILES string of the molecule is CCOC(=O)/C(Cc1ccc(C)cc1)=N\N[C@H]1CCc2ccccc2C1=O. The Balaban J connectivity index is 1.76. The number of rotatable bonds is 6. The van der Waals surface area contributed by atoms with Crippen LogP contribution in [-0.2, 0) is 22.4 Å². The van der Waals surface area contributed by atoms with Crippen molar-refractivity contribution in [2.45, 2.75) is 39.2 Å². The minimum Gasteiger partial charge on any atom is -0.461 e. The number of aryl methyl sites for hydroxylation is 2. The number of hydrogen-bond donors (Lipinski definition) is 1. The summed E-state index contributed by atoms with van der Waals surface area (Å²) in [5.74, 6) is -0.451. The van der Waals surface area contributed by atoms with Crippen LogP contribution in [0.5, 0.6) is 0 Å². The molecule has 5 heteroatoms. The highest BCUT2D eigenvalue weighted by Gasteiger charge is 2.27. The molecule has 0 radical (unpaired) electrons. The summed E-state index contributed by atoms with van der Waals surface area (Å²) in [6.45, 7) is 4.05. The van der Waals surface area contributed by atoms with E-state index in [1.165, 1.54) is 0 Å². The van der Waals surface area contributed by atoms with Crippen LogP contribution in [0.1, 0.15) is 40.4 Å². The minimum atomic E-state index is -0.464. The number of fused-ring (bicyclic) bond motifs is 1. The lowest BCUT2D eigenvalue weighted by molar-refractivity contribution is -0.135. The van der Waals surface area contributed by atoms with Gasteiger partial charge >= 0.3 is 5.97 Å². The number of hydrogen-bond acceptors (Lipinski definition) is 5. The van der Waals surface area contributed by atoms with E-state index in [4.69, 9.17) is 4.74 Å². The van der Waals surface area contributed by atoms with Gasteiger partial charge in [-0.1, -0.05) is 54.1 Å². The molecule has 2 aromatic carbocycles. The second-order valence-corrected chi connectivity index (χ2v) is 6.68. The van der Waals surface area contributed by atoms with Gasteiger partial charge in [-0.15, -0.1) is 0 Å². The molecule has 0 saturated heterocycles. The van der Waals surface area contributed by atoms with Crippen molar-refractivity contribution >= 4 is 17.5 Å². The van der Waals surface area contributed by atoms with Crippen LogP contribution in [0, 0.1) is 6.92 Å². The van der Waals surface area contributed by atoms with E-state index in [0.29, 0.717) is 12.8 Å². The average Bonchev–Trinajstić information content (AvgIpc) is 2.68. The first kappa shape index (κ1) is 18.8. The Morgan fingerprint density at radius 3 is 2.67 bits per heavy atom. The molecular weight excluding hydrogens is 340 g/mol. The zero-order valence-corrected chi connectivity index (χ0v) is 15.7. The monoisotopic (exact) mass is 364 g/mol. The van der Waals surface area contributed by atoms with Gasteiger partial charge in [-0.05, 0) is 37.8 Å². The molecule has 2 aromatic rings. The molecule has 1 aliphatic rings. The van der Waals surface area contributed by atoms with E-state index >= 15 is 0 Å². The molecule has 27 heavy (non-hydrogen) atoms. The number of carbonyl (C=O) groups excluding carboxylic acids is 2. The summed E-state index contributed by atoms with van der Waals surface area (Å²) in [4.78, 5) is 25.0. The summed E-state index contributed by atoms with van der Waals surface area (Å²) >= 11 is 0. The standard InChI is InChI=1S/C22H24N2O3/c1-3-27-22(26)20(14-16-10-8-15(2)9-11-16)24-23-19-13-12-17-6-4-5-7-18(17)21(19)25/h4-11,19,23H,3,12-14H2,1-2H3/b24-20-/t19-/m0/s1. The number of esters is 1. The summed E-state index contributed by atoms with van der Waals surface area (Å²) in [6.07, 6.45) is 1.81. The van der Waals surface area contributed by atoms with Crippen LogP contribution in [0.4, 0.5) is 0 Å². The van der Waals surface area contributed by atoms with Crippen molar-refractivity contribution in [3.05, 3.63) is 70.8 Å². The van der Waals surface area contributed by atoms with Gasteiger partial charge in [0.1, 0.15) is 11.8 Å². The fraction of sp³-hybridized carbons (Fsp3) is 0.318. The molecule has 5 nitrogen and oxygen atoms in total. The normalized spacial score (nSPS) is 16.6. The van der Waals surface area contributed by atoms with E-state index in [0.717, 1.165) is 28.7 Å². The van der Waals surface area contributed by atoms with Crippen molar-refractivity contribution in [2.24, 2.45) is 5.10 Å². The number of benzene rings is 2. The summed E-state index contributed by atoms with van der Waals surface area (Å²) in [5.41, 5.74) is 7.10. The Morgan fingerprint density at radius 2 is 1.93 bits per heavy atom. The summed E-state index contributed by atoms with van der Waals surface area (Å²) < 4.78 is 5.13. The number of carbonyl (C=O) groups is 2. The first-order valence-corrected chi connectivity index (χ1v) is 9.25.